The number of anilines is 2. The molecular formula is C17H30N6. The van der Waals surface area contributed by atoms with Crippen LogP contribution >= 0.6 is 0 Å². The number of nitrogens with zero attached hydrogens (tertiary/aromatic N) is 6. The molecule has 2 fully saturated rings. The molecule has 3 heterocycles. The van der Waals surface area contributed by atoms with Crippen molar-refractivity contribution in [2.45, 2.75) is 25.3 Å². The fraction of sp³-hybridized carbons (Fsp3) is 0.765. The minimum atomic E-state index is 0.335. The fourth-order valence-corrected chi connectivity index (χ4v) is 3.79. The average molecular weight is 318 g/mol. The summed E-state index contributed by atoms with van der Waals surface area (Å²) in [6, 6.07) is 1.99. The van der Waals surface area contributed by atoms with Crippen LogP contribution in [0.15, 0.2) is 12.3 Å². The van der Waals surface area contributed by atoms with E-state index in [1.54, 1.807) is 0 Å². The summed E-state index contributed by atoms with van der Waals surface area (Å²) in [4.78, 5) is 18.8. The van der Waals surface area contributed by atoms with Crippen LogP contribution in [0.1, 0.15) is 19.8 Å². The first-order chi connectivity index (χ1) is 11.0. The number of piperidine rings is 1. The molecule has 2 saturated heterocycles. The van der Waals surface area contributed by atoms with Gasteiger partial charge in [0.05, 0.1) is 0 Å². The molecule has 0 bridgehead atoms. The summed E-state index contributed by atoms with van der Waals surface area (Å²) in [7, 11) is 6.61. The van der Waals surface area contributed by atoms with Gasteiger partial charge in [0.25, 0.3) is 0 Å². The lowest BCUT2D eigenvalue weighted by molar-refractivity contribution is 0.00928. The molecule has 0 atom stereocenters. The van der Waals surface area contributed by atoms with Crippen molar-refractivity contribution >= 4 is 11.8 Å². The highest BCUT2D eigenvalue weighted by Gasteiger charge is 2.41. The molecule has 0 radical (unpaired) electrons. The second-order valence-electron chi connectivity index (χ2n) is 7.10. The average Bonchev–Trinajstić information content (AvgIpc) is 2.58. The SMILES string of the molecule is CCN(C)c1ccnc(N2CCC3(CC2)CN(C)CCN3C)n1. The monoisotopic (exact) mass is 318 g/mol. The van der Waals surface area contributed by atoms with Gasteiger partial charge in [-0.1, -0.05) is 0 Å². The number of hydrogen-bond donors (Lipinski definition) is 0. The summed E-state index contributed by atoms with van der Waals surface area (Å²) in [6.45, 7) is 8.70. The highest BCUT2D eigenvalue weighted by Crippen LogP contribution is 2.32. The van der Waals surface area contributed by atoms with E-state index < -0.39 is 0 Å². The fourth-order valence-electron chi connectivity index (χ4n) is 3.79. The summed E-state index contributed by atoms with van der Waals surface area (Å²) >= 11 is 0. The Kier molecular flexibility index (Phi) is 4.73. The molecule has 0 aliphatic carbocycles. The predicted molar refractivity (Wildman–Crippen MR) is 95.3 cm³/mol. The lowest BCUT2D eigenvalue weighted by atomic mass is 9.84. The normalized spacial score (nSPS) is 22.5. The van der Waals surface area contributed by atoms with Crippen molar-refractivity contribution in [3.05, 3.63) is 12.3 Å². The molecule has 1 spiro atoms. The van der Waals surface area contributed by atoms with Gasteiger partial charge in [0.1, 0.15) is 5.82 Å². The smallest absolute Gasteiger partial charge is 0.227 e. The number of aromatic nitrogens is 2. The maximum atomic E-state index is 4.75. The standard InChI is InChI=1S/C17H30N6/c1-5-21(3)15-6-9-18-16(19-15)23-10-7-17(8-11-23)14-20(2)12-13-22(17)4/h6,9H,5,7-8,10-14H2,1-4H3. The third kappa shape index (κ3) is 3.28. The van der Waals surface area contributed by atoms with Crippen LogP contribution in [0.5, 0.6) is 0 Å². The zero-order valence-electron chi connectivity index (χ0n) is 15.0. The Morgan fingerprint density at radius 2 is 1.91 bits per heavy atom. The third-order valence-electron chi connectivity index (χ3n) is 5.66. The van der Waals surface area contributed by atoms with Crippen molar-refractivity contribution in [2.75, 3.05) is 70.2 Å². The first-order valence-corrected chi connectivity index (χ1v) is 8.73. The van der Waals surface area contributed by atoms with Crippen molar-refractivity contribution < 1.29 is 0 Å². The molecule has 23 heavy (non-hydrogen) atoms. The van der Waals surface area contributed by atoms with E-state index in [1.807, 2.05) is 12.3 Å². The molecule has 3 rings (SSSR count). The predicted octanol–water partition coefficient (Wildman–Crippen LogP) is 1.15. The van der Waals surface area contributed by atoms with E-state index in [2.05, 4.69) is 52.7 Å². The minimum Gasteiger partial charge on any atom is -0.360 e. The third-order valence-corrected chi connectivity index (χ3v) is 5.66. The highest BCUT2D eigenvalue weighted by atomic mass is 15.3. The van der Waals surface area contributed by atoms with Crippen LogP contribution in [0.4, 0.5) is 11.8 Å². The van der Waals surface area contributed by atoms with Crippen LogP contribution in [0.25, 0.3) is 0 Å². The summed E-state index contributed by atoms with van der Waals surface area (Å²) in [5, 5.41) is 0. The van der Waals surface area contributed by atoms with Gasteiger partial charge in [0, 0.05) is 58.1 Å². The maximum Gasteiger partial charge on any atom is 0.227 e. The first kappa shape index (κ1) is 16.5. The second-order valence-corrected chi connectivity index (χ2v) is 7.10. The van der Waals surface area contributed by atoms with Gasteiger partial charge in [-0.2, -0.15) is 4.98 Å². The number of likely N-dealkylation sites (N-methyl/N-ethyl adjacent to an activating group) is 2. The summed E-state index contributed by atoms with van der Waals surface area (Å²) in [5.41, 5.74) is 0.335. The highest BCUT2D eigenvalue weighted by molar-refractivity contribution is 5.43. The molecule has 1 aromatic rings. The molecule has 0 N–H and O–H groups in total. The Morgan fingerprint density at radius 3 is 2.61 bits per heavy atom. The molecule has 0 saturated carbocycles. The van der Waals surface area contributed by atoms with Gasteiger partial charge in [-0.3, -0.25) is 4.90 Å². The molecule has 0 amide bonds. The van der Waals surface area contributed by atoms with Gasteiger partial charge < -0.3 is 14.7 Å². The number of piperazine rings is 1. The first-order valence-electron chi connectivity index (χ1n) is 8.73. The lowest BCUT2D eigenvalue weighted by Gasteiger charge is -2.52. The van der Waals surface area contributed by atoms with E-state index >= 15 is 0 Å². The summed E-state index contributed by atoms with van der Waals surface area (Å²) < 4.78 is 0. The second kappa shape index (κ2) is 6.61. The van der Waals surface area contributed by atoms with Gasteiger partial charge in [0.15, 0.2) is 0 Å². The van der Waals surface area contributed by atoms with Gasteiger partial charge in [0.2, 0.25) is 5.95 Å². The Hall–Kier alpha value is -1.40. The van der Waals surface area contributed by atoms with Crippen molar-refractivity contribution in [1.29, 1.82) is 0 Å². The molecule has 2 aliphatic rings. The van der Waals surface area contributed by atoms with Crippen LogP contribution in [0, 0.1) is 0 Å². The van der Waals surface area contributed by atoms with Crippen molar-refractivity contribution in [1.82, 2.24) is 19.8 Å². The van der Waals surface area contributed by atoms with Crippen molar-refractivity contribution in [3.8, 4) is 0 Å². The topological polar surface area (TPSA) is 38.7 Å². The van der Waals surface area contributed by atoms with Crippen molar-refractivity contribution in [3.63, 3.8) is 0 Å². The van der Waals surface area contributed by atoms with Gasteiger partial charge in [-0.15, -0.1) is 0 Å². The van der Waals surface area contributed by atoms with E-state index in [0.29, 0.717) is 5.54 Å². The maximum absolute atomic E-state index is 4.75. The van der Waals surface area contributed by atoms with Crippen LogP contribution in [-0.2, 0) is 0 Å². The molecule has 0 unspecified atom stereocenters. The van der Waals surface area contributed by atoms with E-state index in [9.17, 15) is 0 Å². The molecule has 6 heteroatoms. The molecule has 1 aromatic heterocycles. The van der Waals surface area contributed by atoms with Crippen LogP contribution in [0.3, 0.4) is 0 Å². The summed E-state index contributed by atoms with van der Waals surface area (Å²) in [5.74, 6) is 1.89. The zero-order valence-corrected chi connectivity index (χ0v) is 15.0. The Morgan fingerprint density at radius 1 is 1.17 bits per heavy atom. The van der Waals surface area contributed by atoms with E-state index in [1.165, 1.54) is 32.5 Å². The molecule has 6 nitrogen and oxygen atoms in total. The quantitative estimate of drug-likeness (QED) is 0.832. The van der Waals surface area contributed by atoms with Crippen LogP contribution < -0.4 is 9.80 Å². The minimum absolute atomic E-state index is 0.335. The molecule has 2 aliphatic heterocycles. The van der Waals surface area contributed by atoms with E-state index in [4.69, 9.17) is 4.98 Å². The van der Waals surface area contributed by atoms with Gasteiger partial charge >= 0.3 is 0 Å². The summed E-state index contributed by atoms with van der Waals surface area (Å²) in [6.07, 6.45) is 4.25. The lowest BCUT2D eigenvalue weighted by Crippen LogP contribution is -2.63. The zero-order chi connectivity index (χ0) is 16.4. The largest absolute Gasteiger partial charge is 0.360 e. The molecule has 128 valence electrons. The Bertz CT molecular complexity index is 526. The van der Waals surface area contributed by atoms with E-state index in [-0.39, 0.29) is 0 Å². The molecular weight excluding hydrogens is 288 g/mol. The van der Waals surface area contributed by atoms with E-state index in [0.717, 1.165) is 31.4 Å². The van der Waals surface area contributed by atoms with Crippen LogP contribution in [-0.4, -0.2) is 85.7 Å². The number of rotatable bonds is 3. The Balaban J connectivity index is 1.69. The van der Waals surface area contributed by atoms with Gasteiger partial charge in [-0.05, 0) is 39.9 Å². The van der Waals surface area contributed by atoms with Gasteiger partial charge in [-0.25, -0.2) is 4.98 Å². The number of hydrogen-bond acceptors (Lipinski definition) is 6. The van der Waals surface area contributed by atoms with Crippen LogP contribution in [0.2, 0.25) is 0 Å². The Labute approximate surface area is 140 Å². The molecule has 0 aromatic carbocycles. The van der Waals surface area contributed by atoms with Crippen molar-refractivity contribution in [2.24, 2.45) is 0 Å².